The summed E-state index contributed by atoms with van der Waals surface area (Å²) in [6.07, 6.45) is 15.2. The fourth-order valence-corrected chi connectivity index (χ4v) is 3.40. The lowest BCUT2D eigenvalue weighted by atomic mass is 9.84. The van der Waals surface area contributed by atoms with Gasteiger partial charge in [0.2, 0.25) is 0 Å². The van der Waals surface area contributed by atoms with E-state index in [4.69, 9.17) is 10.5 Å². The van der Waals surface area contributed by atoms with Gasteiger partial charge < -0.3 is 10.5 Å². The molecule has 0 aromatic carbocycles. The summed E-state index contributed by atoms with van der Waals surface area (Å²) in [4.78, 5) is 0. The maximum absolute atomic E-state index is 6.27. The summed E-state index contributed by atoms with van der Waals surface area (Å²) < 4.78 is 5.76. The average Bonchev–Trinajstić information content (AvgIpc) is 2.39. The van der Waals surface area contributed by atoms with Gasteiger partial charge in [-0.05, 0) is 44.4 Å². The number of rotatable bonds is 5. The van der Waals surface area contributed by atoms with Crippen LogP contribution >= 0.6 is 0 Å². The van der Waals surface area contributed by atoms with Gasteiger partial charge in [-0.2, -0.15) is 0 Å². The largest absolute Gasteiger partial charge is 0.378 e. The van der Waals surface area contributed by atoms with Crippen molar-refractivity contribution >= 4 is 0 Å². The molecule has 2 atom stereocenters. The van der Waals surface area contributed by atoms with Crippen molar-refractivity contribution in [2.75, 3.05) is 6.61 Å². The summed E-state index contributed by atoms with van der Waals surface area (Å²) in [6.45, 7) is 0.975. The van der Waals surface area contributed by atoms with Crippen LogP contribution in [0.5, 0.6) is 0 Å². The molecule has 1 aliphatic heterocycles. The fourth-order valence-electron chi connectivity index (χ4n) is 3.40. The van der Waals surface area contributed by atoms with Crippen molar-refractivity contribution in [3.05, 3.63) is 0 Å². The Morgan fingerprint density at radius 2 is 1.76 bits per heavy atom. The summed E-state index contributed by atoms with van der Waals surface area (Å²) in [7, 11) is 0. The SMILES string of the molecule is NC(CCC1CCCCO1)CC1CCCCC1. The Balaban J connectivity index is 1.57. The summed E-state index contributed by atoms with van der Waals surface area (Å²) in [5.74, 6) is 0.922. The van der Waals surface area contributed by atoms with Crippen LogP contribution in [-0.2, 0) is 4.74 Å². The molecule has 17 heavy (non-hydrogen) atoms. The van der Waals surface area contributed by atoms with Gasteiger partial charge in [0.1, 0.15) is 0 Å². The Morgan fingerprint density at radius 1 is 1.00 bits per heavy atom. The molecule has 0 bridgehead atoms. The predicted octanol–water partition coefficient (Wildman–Crippen LogP) is 3.63. The molecule has 0 aromatic rings. The third-order valence-corrected chi connectivity index (χ3v) is 4.49. The van der Waals surface area contributed by atoms with Crippen LogP contribution in [0.1, 0.15) is 70.6 Å². The van der Waals surface area contributed by atoms with Gasteiger partial charge in [-0.3, -0.25) is 0 Å². The molecule has 0 amide bonds. The molecule has 100 valence electrons. The normalized spacial score (nSPS) is 29.1. The Labute approximate surface area is 106 Å². The van der Waals surface area contributed by atoms with E-state index < -0.39 is 0 Å². The molecule has 2 N–H and O–H groups in total. The molecule has 2 aliphatic rings. The summed E-state index contributed by atoms with van der Waals surface area (Å²) >= 11 is 0. The smallest absolute Gasteiger partial charge is 0.0575 e. The second-order valence-corrected chi connectivity index (χ2v) is 6.07. The van der Waals surface area contributed by atoms with Crippen molar-refractivity contribution in [1.29, 1.82) is 0 Å². The molecular weight excluding hydrogens is 210 g/mol. The summed E-state index contributed by atoms with van der Waals surface area (Å²) in [5, 5.41) is 0. The van der Waals surface area contributed by atoms with Crippen molar-refractivity contribution in [1.82, 2.24) is 0 Å². The van der Waals surface area contributed by atoms with Crippen molar-refractivity contribution in [3.63, 3.8) is 0 Å². The van der Waals surface area contributed by atoms with Crippen molar-refractivity contribution in [2.45, 2.75) is 82.8 Å². The van der Waals surface area contributed by atoms with Gasteiger partial charge in [-0.15, -0.1) is 0 Å². The highest BCUT2D eigenvalue weighted by atomic mass is 16.5. The molecule has 0 spiro atoms. The minimum Gasteiger partial charge on any atom is -0.378 e. The maximum Gasteiger partial charge on any atom is 0.0575 e. The second kappa shape index (κ2) is 7.38. The highest BCUT2D eigenvalue weighted by Crippen LogP contribution is 2.28. The Bertz CT molecular complexity index is 195. The highest BCUT2D eigenvalue weighted by molar-refractivity contribution is 4.74. The van der Waals surface area contributed by atoms with E-state index in [-0.39, 0.29) is 0 Å². The second-order valence-electron chi connectivity index (χ2n) is 6.07. The molecule has 0 aromatic heterocycles. The Hall–Kier alpha value is -0.0800. The minimum atomic E-state index is 0.420. The van der Waals surface area contributed by atoms with Crippen molar-refractivity contribution < 1.29 is 4.74 Å². The van der Waals surface area contributed by atoms with Crippen LogP contribution in [0.4, 0.5) is 0 Å². The molecular formula is C15H29NO. The molecule has 1 saturated heterocycles. The monoisotopic (exact) mass is 239 g/mol. The average molecular weight is 239 g/mol. The topological polar surface area (TPSA) is 35.2 Å². The molecule has 1 heterocycles. The van der Waals surface area contributed by atoms with E-state index >= 15 is 0 Å². The lowest BCUT2D eigenvalue weighted by Crippen LogP contribution is -2.27. The number of ether oxygens (including phenoxy) is 1. The van der Waals surface area contributed by atoms with Crippen molar-refractivity contribution in [3.8, 4) is 0 Å². The highest BCUT2D eigenvalue weighted by Gasteiger charge is 2.19. The van der Waals surface area contributed by atoms with Gasteiger partial charge in [-0.25, -0.2) is 0 Å². The third-order valence-electron chi connectivity index (χ3n) is 4.49. The van der Waals surface area contributed by atoms with Crippen LogP contribution < -0.4 is 5.73 Å². The zero-order valence-corrected chi connectivity index (χ0v) is 11.2. The lowest BCUT2D eigenvalue weighted by molar-refractivity contribution is 0.00874. The van der Waals surface area contributed by atoms with Gasteiger partial charge in [-0.1, -0.05) is 32.1 Å². The van der Waals surface area contributed by atoms with Crippen molar-refractivity contribution in [2.24, 2.45) is 11.7 Å². The molecule has 1 saturated carbocycles. The lowest BCUT2D eigenvalue weighted by Gasteiger charge is -2.27. The van der Waals surface area contributed by atoms with Gasteiger partial charge in [0, 0.05) is 12.6 Å². The first kappa shape index (κ1) is 13.4. The van der Waals surface area contributed by atoms with Crippen LogP contribution in [0.3, 0.4) is 0 Å². The van der Waals surface area contributed by atoms with Crippen LogP contribution in [-0.4, -0.2) is 18.8 Å². The first-order valence-corrected chi connectivity index (χ1v) is 7.72. The van der Waals surface area contributed by atoms with E-state index in [1.54, 1.807) is 0 Å². The van der Waals surface area contributed by atoms with Crippen LogP contribution in [0, 0.1) is 5.92 Å². The van der Waals surface area contributed by atoms with Gasteiger partial charge in [0.15, 0.2) is 0 Å². The predicted molar refractivity (Wildman–Crippen MR) is 72.0 cm³/mol. The molecule has 2 heteroatoms. The van der Waals surface area contributed by atoms with Crippen LogP contribution in [0.25, 0.3) is 0 Å². The zero-order chi connectivity index (χ0) is 11.9. The first-order chi connectivity index (χ1) is 8.34. The van der Waals surface area contributed by atoms with Crippen LogP contribution in [0.15, 0.2) is 0 Å². The van der Waals surface area contributed by atoms with E-state index in [2.05, 4.69) is 0 Å². The van der Waals surface area contributed by atoms with Gasteiger partial charge in [0.05, 0.1) is 6.10 Å². The summed E-state index contributed by atoms with van der Waals surface area (Å²) in [5.41, 5.74) is 6.27. The summed E-state index contributed by atoms with van der Waals surface area (Å²) in [6, 6.07) is 0.420. The molecule has 2 rings (SSSR count). The number of nitrogens with two attached hydrogens (primary N) is 1. The molecule has 2 unspecified atom stereocenters. The zero-order valence-electron chi connectivity index (χ0n) is 11.2. The Morgan fingerprint density at radius 3 is 2.47 bits per heavy atom. The van der Waals surface area contributed by atoms with Gasteiger partial charge >= 0.3 is 0 Å². The third kappa shape index (κ3) is 4.97. The number of hydrogen-bond acceptors (Lipinski definition) is 2. The van der Waals surface area contributed by atoms with Gasteiger partial charge in [0.25, 0.3) is 0 Å². The number of hydrogen-bond donors (Lipinski definition) is 1. The van der Waals surface area contributed by atoms with E-state index in [0.717, 1.165) is 12.5 Å². The molecule has 2 fully saturated rings. The maximum atomic E-state index is 6.27. The molecule has 0 radical (unpaired) electrons. The Kier molecular flexibility index (Phi) is 5.79. The first-order valence-electron chi connectivity index (χ1n) is 7.72. The van der Waals surface area contributed by atoms with E-state index in [1.165, 1.54) is 70.6 Å². The minimum absolute atomic E-state index is 0.420. The fraction of sp³-hybridized carbons (Fsp3) is 1.00. The van der Waals surface area contributed by atoms with Crippen LogP contribution in [0.2, 0.25) is 0 Å². The quantitative estimate of drug-likeness (QED) is 0.795. The standard InChI is InChI=1S/C15H29NO/c16-14(12-13-6-2-1-3-7-13)9-10-15-8-4-5-11-17-15/h13-15H,1-12,16H2. The molecule has 1 aliphatic carbocycles. The van der Waals surface area contributed by atoms with E-state index in [9.17, 15) is 0 Å². The molecule has 2 nitrogen and oxygen atoms in total. The van der Waals surface area contributed by atoms with E-state index in [0.29, 0.717) is 12.1 Å². The van der Waals surface area contributed by atoms with E-state index in [1.807, 2.05) is 0 Å².